The van der Waals surface area contributed by atoms with Crippen LogP contribution in [0.3, 0.4) is 0 Å². The Morgan fingerprint density at radius 2 is 2.35 bits per heavy atom. The molecule has 7 nitrogen and oxygen atoms in total. The number of cyclic esters (lactones) is 1. The van der Waals surface area contributed by atoms with Crippen molar-refractivity contribution in [1.82, 2.24) is 5.32 Å². The summed E-state index contributed by atoms with van der Waals surface area (Å²) in [4.78, 5) is 21.3. The SMILES string of the molecule is COc1ccc([N+](=O)[O-])c(C2CNC(=O)O2)c1. The quantitative estimate of drug-likeness (QED) is 0.634. The molecule has 0 aromatic heterocycles. The Kier molecular flexibility index (Phi) is 2.82. The molecule has 0 radical (unpaired) electrons. The van der Waals surface area contributed by atoms with Gasteiger partial charge in [0.2, 0.25) is 0 Å². The minimum absolute atomic E-state index is 0.0905. The van der Waals surface area contributed by atoms with Gasteiger partial charge in [0.05, 0.1) is 24.1 Å². The fourth-order valence-corrected chi connectivity index (χ4v) is 1.65. The molecule has 1 amide bonds. The molecule has 0 saturated carbocycles. The molecule has 2 rings (SSSR count). The molecule has 1 saturated heterocycles. The fourth-order valence-electron chi connectivity index (χ4n) is 1.65. The molecule has 1 aromatic rings. The van der Waals surface area contributed by atoms with Gasteiger partial charge in [-0.3, -0.25) is 10.1 Å². The van der Waals surface area contributed by atoms with E-state index in [2.05, 4.69) is 5.32 Å². The zero-order valence-electron chi connectivity index (χ0n) is 9.00. The lowest BCUT2D eigenvalue weighted by molar-refractivity contribution is -0.386. The average molecular weight is 238 g/mol. The lowest BCUT2D eigenvalue weighted by Crippen LogP contribution is -2.12. The van der Waals surface area contributed by atoms with Crippen LogP contribution in [0.5, 0.6) is 5.75 Å². The molecule has 1 aliphatic heterocycles. The zero-order valence-corrected chi connectivity index (χ0v) is 9.00. The smallest absolute Gasteiger partial charge is 0.407 e. The van der Waals surface area contributed by atoms with Gasteiger partial charge < -0.3 is 14.8 Å². The molecule has 7 heteroatoms. The van der Waals surface area contributed by atoms with Crippen LogP contribution in [0.15, 0.2) is 18.2 Å². The van der Waals surface area contributed by atoms with Crippen LogP contribution in [0.25, 0.3) is 0 Å². The predicted octanol–water partition coefficient (Wildman–Crippen LogP) is 1.38. The average Bonchev–Trinajstić information content (AvgIpc) is 2.75. The summed E-state index contributed by atoms with van der Waals surface area (Å²) in [6, 6.07) is 4.33. The van der Waals surface area contributed by atoms with Crippen molar-refractivity contribution in [3.8, 4) is 5.75 Å². The third-order valence-corrected chi connectivity index (χ3v) is 2.46. The van der Waals surface area contributed by atoms with Gasteiger partial charge in [0.25, 0.3) is 5.69 Å². The van der Waals surface area contributed by atoms with Gasteiger partial charge in [0.15, 0.2) is 6.10 Å². The maximum Gasteiger partial charge on any atom is 0.407 e. The summed E-state index contributed by atoms with van der Waals surface area (Å²) in [5.41, 5.74) is 0.236. The molecular weight excluding hydrogens is 228 g/mol. The van der Waals surface area contributed by atoms with E-state index in [-0.39, 0.29) is 12.2 Å². The number of hydrogen-bond donors (Lipinski definition) is 1. The van der Waals surface area contributed by atoms with Crippen LogP contribution in [0.2, 0.25) is 0 Å². The fraction of sp³-hybridized carbons (Fsp3) is 0.300. The van der Waals surface area contributed by atoms with Crippen molar-refractivity contribution in [1.29, 1.82) is 0 Å². The van der Waals surface area contributed by atoms with Crippen LogP contribution < -0.4 is 10.1 Å². The molecule has 0 spiro atoms. The Morgan fingerprint density at radius 3 is 2.88 bits per heavy atom. The molecule has 0 aliphatic carbocycles. The summed E-state index contributed by atoms with van der Waals surface area (Å²) in [7, 11) is 1.46. The van der Waals surface area contributed by atoms with Crippen molar-refractivity contribution < 1.29 is 19.2 Å². The van der Waals surface area contributed by atoms with Gasteiger partial charge in [-0.25, -0.2) is 4.79 Å². The Morgan fingerprint density at radius 1 is 1.59 bits per heavy atom. The number of ether oxygens (including phenoxy) is 2. The van der Waals surface area contributed by atoms with E-state index in [0.717, 1.165) is 0 Å². The minimum Gasteiger partial charge on any atom is -0.497 e. The number of amides is 1. The number of methoxy groups -OCH3 is 1. The Bertz CT molecular complexity index is 474. The highest BCUT2D eigenvalue weighted by molar-refractivity contribution is 5.70. The normalized spacial score (nSPS) is 18.4. The standard InChI is InChI=1S/C10H10N2O5/c1-16-6-2-3-8(12(14)15)7(4-6)9-5-11-10(13)17-9/h2-4,9H,5H2,1H3,(H,11,13). The number of hydrogen-bond acceptors (Lipinski definition) is 5. The summed E-state index contributed by atoms with van der Waals surface area (Å²) in [6.07, 6.45) is -1.23. The van der Waals surface area contributed by atoms with Gasteiger partial charge in [-0.1, -0.05) is 0 Å². The van der Waals surface area contributed by atoms with E-state index < -0.39 is 17.1 Å². The predicted molar refractivity (Wildman–Crippen MR) is 56.9 cm³/mol. The van der Waals surface area contributed by atoms with E-state index in [1.165, 1.54) is 25.3 Å². The number of carbonyl (C=O) groups is 1. The number of nitrogens with zero attached hydrogens (tertiary/aromatic N) is 1. The molecule has 1 fully saturated rings. The molecule has 1 atom stereocenters. The third kappa shape index (κ3) is 2.12. The summed E-state index contributed by atoms with van der Waals surface area (Å²) >= 11 is 0. The van der Waals surface area contributed by atoms with E-state index >= 15 is 0 Å². The van der Waals surface area contributed by atoms with Crippen molar-refractivity contribution in [3.63, 3.8) is 0 Å². The van der Waals surface area contributed by atoms with E-state index in [1.807, 2.05) is 0 Å². The molecule has 90 valence electrons. The van der Waals surface area contributed by atoms with Crippen LogP contribution in [-0.2, 0) is 4.74 Å². The van der Waals surface area contributed by atoms with Gasteiger partial charge in [-0.2, -0.15) is 0 Å². The molecule has 1 aromatic carbocycles. The maximum atomic E-state index is 10.9. The van der Waals surface area contributed by atoms with Crippen LogP contribution in [0, 0.1) is 10.1 Å². The third-order valence-electron chi connectivity index (χ3n) is 2.46. The number of alkyl carbamates (subject to hydrolysis) is 1. The first kappa shape index (κ1) is 11.2. The molecule has 0 bridgehead atoms. The zero-order chi connectivity index (χ0) is 12.4. The topological polar surface area (TPSA) is 90.7 Å². The largest absolute Gasteiger partial charge is 0.497 e. The first-order chi connectivity index (χ1) is 8.11. The highest BCUT2D eigenvalue weighted by atomic mass is 16.6. The van der Waals surface area contributed by atoms with Gasteiger partial charge in [0, 0.05) is 6.07 Å². The highest BCUT2D eigenvalue weighted by Crippen LogP contribution is 2.32. The minimum atomic E-state index is -0.655. The van der Waals surface area contributed by atoms with E-state index in [1.54, 1.807) is 0 Å². The number of carbonyl (C=O) groups excluding carboxylic acids is 1. The van der Waals surface area contributed by atoms with Gasteiger partial charge in [-0.05, 0) is 12.1 Å². The molecule has 1 heterocycles. The molecule has 1 unspecified atom stereocenters. The van der Waals surface area contributed by atoms with Crippen molar-refractivity contribution in [2.75, 3.05) is 13.7 Å². The van der Waals surface area contributed by atoms with Gasteiger partial charge >= 0.3 is 6.09 Å². The first-order valence-electron chi connectivity index (χ1n) is 4.88. The number of nitro groups is 1. The lowest BCUT2D eigenvalue weighted by Gasteiger charge is -2.10. The Balaban J connectivity index is 2.41. The van der Waals surface area contributed by atoms with Crippen LogP contribution >= 0.6 is 0 Å². The van der Waals surface area contributed by atoms with Crippen LogP contribution in [-0.4, -0.2) is 24.7 Å². The number of benzene rings is 1. The van der Waals surface area contributed by atoms with Crippen LogP contribution in [0.1, 0.15) is 11.7 Å². The Labute approximate surface area is 96.5 Å². The van der Waals surface area contributed by atoms with Crippen molar-refractivity contribution >= 4 is 11.8 Å². The second kappa shape index (κ2) is 4.28. The first-order valence-corrected chi connectivity index (χ1v) is 4.88. The summed E-state index contributed by atoms with van der Waals surface area (Å²) in [5, 5.41) is 13.3. The monoisotopic (exact) mass is 238 g/mol. The van der Waals surface area contributed by atoms with Gasteiger partial charge in [0.1, 0.15) is 5.75 Å². The summed E-state index contributed by atoms with van der Waals surface area (Å²) < 4.78 is 9.92. The molecule has 17 heavy (non-hydrogen) atoms. The van der Waals surface area contributed by atoms with Crippen molar-refractivity contribution in [2.45, 2.75) is 6.10 Å². The molecule has 1 aliphatic rings. The number of rotatable bonds is 3. The lowest BCUT2D eigenvalue weighted by atomic mass is 10.1. The van der Waals surface area contributed by atoms with Crippen molar-refractivity contribution in [2.24, 2.45) is 0 Å². The highest BCUT2D eigenvalue weighted by Gasteiger charge is 2.30. The number of nitrogens with one attached hydrogen (secondary N) is 1. The molecular formula is C10H10N2O5. The van der Waals surface area contributed by atoms with Crippen LogP contribution in [0.4, 0.5) is 10.5 Å². The Hall–Kier alpha value is -2.31. The second-order valence-corrected chi connectivity index (χ2v) is 3.46. The maximum absolute atomic E-state index is 10.9. The van der Waals surface area contributed by atoms with E-state index in [9.17, 15) is 14.9 Å². The van der Waals surface area contributed by atoms with Crippen molar-refractivity contribution in [3.05, 3.63) is 33.9 Å². The second-order valence-electron chi connectivity index (χ2n) is 3.46. The van der Waals surface area contributed by atoms with E-state index in [4.69, 9.17) is 9.47 Å². The summed E-state index contributed by atoms with van der Waals surface area (Å²) in [6.45, 7) is 0.215. The molecule has 1 N–H and O–H groups in total. The van der Waals surface area contributed by atoms with Gasteiger partial charge in [-0.15, -0.1) is 0 Å². The number of nitro benzene ring substituents is 1. The summed E-state index contributed by atoms with van der Waals surface area (Å²) in [5.74, 6) is 0.480. The van der Waals surface area contributed by atoms with E-state index in [0.29, 0.717) is 11.3 Å².